The highest BCUT2D eigenvalue weighted by atomic mass is 16.5. The SMILES string of the molecule is COc1ccc(NC(=O)c2oc3ccccc3c2NC(=O)CC2CCCC2)c(OC)c1. The molecule has 0 aliphatic heterocycles. The molecule has 7 heteroatoms. The maximum atomic E-state index is 13.1. The first-order valence-electron chi connectivity index (χ1n) is 10.4. The van der Waals surface area contributed by atoms with Crippen LogP contribution in [0.25, 0.3) is 11.0 Å². The van der Waals surface area contributed by atoms with Crippen LogP contribution in [0.2, 0.25) is 0 Å². The van der Waals surface area contributed by atoms with Crippen LogP contribution >= 0.6 is 0 Å². The number of hydrogen-bond donors (Lipinski definition) is 2. The van der Waals surface area contributed by atoms with E-state index >= 15 is 0 Å². The van der Waals surface area contributed by atoms with Gasteiger partial charge in [-0.2, -0.15) is 0 Å². The summed E-state index contributed by atoms with van der Waals surface area (Å²) >= 11 is 0. The summed E-state index contributed by atoms with van der Waals surface area (Å²) in [4.78, 5) is 25.8. The summed E-state index contributed by atoms with van der Waals surface area (Å²) in [5.41, 5.74) is 1.39. The maximum Gasteiger partial charge on any atom is 0.293 e. The van der Waals surface area contributed by atoms with Crippen LogP contribution in [0.3, 0.4) is 0 Å². The van der Waals surface area contributed by atoms with Crippen LogP contribution in [0, 0.1) is 5.92 Å². The first-order chi connectivity index (χ1) is 15.1. The van der Waals surface area contributed by atoms with Crippen LogP contribution in [-0.2, 0) is 4.79 Å². The molecule has 4 rings (SSSR count). The zero-order valence-corrected chi connectivity index (χ0v) is 17.7. The molecule has 162 valence electrons. The van der Waals surface area contributed by atoms with Gasteiger partial charge in [0.2, 0.25) is 11.7 Å². The molecule has 2 amide bonds. The lowest BCUT2D eigenvalue weighted by Gasteiger charge is -2.12. The fourth-order valence-electron chi connectivity index (χ4n) is 4.08. The van der Waals surface area contributed by atoms with Crippen molar-refractivity contribution in [1.82, 2.24) is 0 Å². The number of amides is 2. The second kappa shape index (κ2) is 9.12. The molecular formula is C24H26N2O5. The van der Waals surface area contributed by atoms with Crippen molar-refractivity contribution in [2.24, 2.45) is 5.92 Å². The number of methoxy groups -OCH3 is 2. The van der Waals surface area contributed by atoms with E-state index in [4.69, 9.17) is 13.9 Å². The summed E-state index contributed by atoms with van der Waals surface area (Å²) in [6.07, 6.45) is 4.94. The lowest BCUT2D eigenvalue weighted by atomic mass is 10.0. The van der Waals surface area contributed by atoms with Crippen molar-refractivity contribution in [3.8, 4) is 11.5 Å². The minimum Gasteiger partial charge on any atom is -0.497 e. The number of nitrogens with one attached hydrogen (secondary N) is 2. The Kier molecular flexibility index (Phi) is 6.11. The molecule has 1 aliphatic carbocycles. The molecule has 2 aromatic carbocycles. The van der Waals surface area contributed by atoms with Crippen molar-refractivity contribution < 1.29 is 23.5 Å². The van der Waals surface area contributed by atoms with Gasteiger partial charge < -0.3 is 24.5 Å². The molecular weight excluding hydrogens is 396 g/mol. The van der Waals surface area contributed by atoms with Gasteiger partial charge in [0.15, 0.2) is 0 Å². The maximum absolute atomic E-state index is 13.1. The zero-order valence-electron chi connectivity index (χ0n) is 17.7. The van der Waals surface area contributed by atoms with Crippen LogP contribution < -0.4 is 20.1 Å². The number of carbonyl (C=O) groups excluding carboxylic acids is 2. The van der Waals surface area contributed by atoms with Gasteiger partial charge in [-0.15, -0.1) is 0 Å². The van der Waals surface area contributed by atoms with Crippen molar-refractivity contribution >= 4 is 34.2 Å². The third kappa shape index (κ3) is 4.50. The average molecular weight is 422 g/mol. The predicted molar refractivity (Wildman–Crippen MR) is 119 cm³/mol. The van der Waals surface area contributed by atoms with Crippen molar-refractivity contribution in [1.29, 1.82) is 0 Å². The lowest BCUT2D eigenvalue weighted by Crippen LogP contribution is -2.19. The Balaban J connectivity index is 1.61. The smallest absolute Gasteiger partial charge is 0.293 e. The van der Waals surface area contributed by atoms with Crippen LogP contribution in [0.1, 0.15) is 42.7 Å². The van der Waals surface area contributed by atoms with Crippen molar-refractivity contribution in [2.45, 2.75) is 32.1 Å². The number of ether oxygens (including phenoxy) is 2. The zero-order chi connectivity index (χ0) is 21.8. The molecule has 0 saturated heterocycles. The van der Waals surface area contributed by atoms with Gasteiger partial charge in [-0.05, 0) is 43.0 Å². The molecule has 31 heavy (non-hydrogen) atoms. The highest BCUT2D eigenvalue weighted by molar-refractivity contribution is 6.14. The quantitative estimate of drug-likeness (QED) is 0.545. The van der Waals surface area contributed by atoms with Crippen LogP contribution in [0.5, 0.6) is 11.5 Å². The first-order valence-corrected chi connectivity index (χ1v) is 10.4. The largest absolute Gasteiger partial charge is 0.497 e. The summed E-state index contributed by atoms with van der Waals surface area (Å²) in [6.45, 7) is 0. The predicted octanol–water partition coefficient (Wildman–Crippen LogP) is 5.22. The van der Waals surface area contributed by atoms with Gasteiger partial charge in [0.25, 0.3) is 5.91 Å². The molecule has 1 fully saturated rings. The number of fused-ring (bicyclic) bond motifs is 1. The molecule has 0 atom stereocenters. The van der Waals surface area contributed by atoms with Gasteiger partial charge in [0.1, 0.15) is 22.8 Å². The van der Waals surface area contributed by atoms with E-state index in [2.05, 4.69) is 10.6 Å². The van der Waals surface area contributed by atoms with Crippen molar-refractivity contribution in [3.63, 3.8) is 0 Å². The second-order valence-corrected chi connectivity index (χ2v) is 7.73. The number of para-hydroxylation sites is 1. The van der Waals surface area contributed by atoms with Gasteiger partial charge >= 0.3 is 0 Å². The average Bonchev–Trinajstić information content (AvgIpc) is 3.42. The van der Waals surface area contributed by atoms with E-state index in [9.17, 15) is 9.59 Å². The molecule has 7 nitrogen and oxygen atoms in total. The molecule has 1 aliphatic rings. The van der Waals surface area contributed by atoms with E-state index in [-0.39, 0.29) is 11.7 Å². The van der Waals surface area contributed by atoms with Gasteiger partial charge in [-0.3, -0.25) is 9.59 Å². The molecule has 1 aromatic heterocycles. The first kappa shape index (κ1) is 20.8. The van der Waals surface area contributed by atoms with E-state index in [1.54, 1.807) is 31.4 Å². The van der Waals surface area contributed by atoms with E-state index in [1.165, 1.54) is 20.0 Å². The molecule has 1 heterocycles. The number of carbonyl (C=O) groups is 2. The Labute approximate surface area is 180 Å². The summed E-state index contributed by atoms with van der Waals surface area (Å²) < 4.78 is 16.4. The van der Waals surface area contributed by atoms with Crippen LogP contribution in [0.15, 0.2) is 46.9 Å². The van der Waals surface area contributed by atoms with Gasteiger partial charge in [0, 0.05) is 17.9 Å². The molecule has 3 aromatic rings. The Bertz CT molecular complexity index is 1100. The summed E-state index contributed by atoms with van der Waals surface area (Å²) in [6, 6.07) is 12.4. The van der Waals surface area contributed by atoms with Crippen molar-refractivity contribution in [2.75, 3.05) is 24.9 Å². The molecule has 0 unspecified atom stereocenters. The summed E-state index contributed by atoms with van der Waals surface area (Å²) in [5.74, 6) is 0.942. The Morgan fingerprint density at radius 2 is 1.81 bits per heavy atom. The van der Waals surface area contributed by atoms with E-state index < -0.39 is 5.91 Å². The van der Waals surface area contributed by atoms with Gasteiger partial charge in [0.05, 0.1) is 19.9 Å². The van der Waals surface area contributed by atoms with E-state index in [1.807, 2.05) is 18.2 Å². The number of rotatable bonds is 7. The molecule has 0 spiro atoms. The Morgan fingerprint density at radius 3 is 2.55 bits per heavy atom. The summed E-state index contributed by atoms with van der Waals surface area (Å²) in [5, 5.41) is 6.43. The number of furan rings is 1. The highest BCUT2D eigenvalue weighted by Gasteiger charge is 2.25. The summed E-state index contributed by atoms with van der Waals surface area (Å²) in [7, 11) is 3.07. The van der Waals surface area contributed by atoms with Crippen LogP contribution in [0.4, 0.5) is 11.4 Å². The number of hydrogen-bond acceptors (Lipinski definition) is 5. The van der Waals surface area contributed by atoms with Gasteiger partial charge in [-0.1, -0.05) is 25.0 Å². The fraction of sp³-hybridized carbons (Fsp3) is 0.333. The Hall–Kier alpha value is -3.48. The molecule has 2 N–H and O–H groups in total. The minimum atomic E-state index is -0.476. The third-order valence-corrected chi connectivity index (χ3v) is 5.67. The van der Waals surface area contributed by atoms with Gasteiger partial charge in [-0.25, -0.2) is 0 Å². The van der Waals surface area contributed by atoms with E-state index in [0.29, 0.717) is 46.2 Å². The molecule has 0 bridgehead atoms. The topological polar surface area (TPSA) is 89.8 Å². The molecule has 0 radical (unpaired) electrons. The standard InChI is InChI=1S/C24H26N2O5/c1-29-16-11-12-18(20(14-16)30-2)25-24(28)23-22(17-9-5-6-10-19(17)31-23)26-21(27)13-15-7-3-4-8-15/h5-6,9-12,14-15H,3-4,7-8,13H2,1-2H3,(H,25,28)(H,26,27). The number of anilines is 2. The third-order valence-electron chi connectivity index (χ3n) is 5.67. The second-order valence-electron chi connectivity index (χ2n) is 7.73. The highest BCUT2D eigenvalue weighted by Crippen LogP contribution is 2.34. The minimum absolute atomic E-state index is 0.0545. The molecule has 1 saturated carbocycles. The van der Waals surface area contributed by atoms with Crippen LogP contribution in [-0.4, -0.2) is 26.0 Å². The van der Waals surface area contributed by atoms with Crippen molar-refractivity contribution in [3.05, 3.63) is 48.2 Å². The monoisotopic (exact) mass is 422 g/mol. The normalized spacial score (nSPS) is 13.9. The number of benzene rings is 2. The Morgan fingerprint density at radius 1 is 1.03 bits per heavy atom. The lowest BCUT2D eigenvalue weighted by molar-refractivity contribution is -0.117. The fourth-order valence-corrected chi connectivity index (χ4v) is 4.08. The van der Waals surface area contributed by atoms with E-state index in [0.717, 1.165) is 12.8 Å².